The maximum atomic E-state index is 5.91. The Balaban J connectivity index is 2.88. The fourth-order valence-electron chi connectivity index (χ4n) is 1.87. The van der Waals surface area contributed by atoms with Crippen LogP contribution in [-0.2, 0) is 18.1 Å². The molecule has 0 bridgehead atoms. The number of hydrogen-bond acceptors (Lipinski definition) is 5. The summed E-state index contributed by atoms with van der Waals surface area (Å²) >= 11 is 0. The van der Waals surface area contributed by atoms with Gasteiger partial charge in [0.05, 0.1) is 0 Å². The molecule has 1 aliphatic rings. The Hall–Kier alpha value is -0.350. The fraction of sp³-hybridized carbons (Fsp3) is 0.818. The van der Waals surface area contributed by atoms with Crippen LogP contribution in [0.5, 0.6) is 0 Å². The van der Waals surface area contributed by atoms with Crippen molar-refractivity contribution in [3.05, 3.63) is 12.0 Å². The van der Waals surface area contributed by atoms with Crippen LogP contribution in [0.25, 0.3) is 0 Å². The summed E-state index contributed by atoms with van der Waals surface area (Å²) in [6, 6.07) is 0. The zero-order valence-electron chi connectivity index (χ0n) is 11.2. The van der Waals surface area contributed by atoms with Gasteiger partial charge in [0.15, 0.2) is 0 Å². The van der Waals surface area contributed by atoms with E-state index in [1.807, 2.05) is 33.8 Å². The van der Waals surface area contributed by atoms with E-state index >= 15 is 0 Å². The van der Waals surface area contributed by atoms with Crippen LogP contribution in [0, 0.1) is 0 Å². The Morgan fingerprint density at radius 3 is 2.06 bits per heavy atom. The van der Waals surface area contributed by atoms with Crippen LogP contribution in [0.15, 0.2) is 12.0 Å². The van der Waals surface area contributed by atoms with E-state index in [1.165, 1.54) is 0 Å². The van der Waals surface area contributed by atoms with E-state index in [2.05, 4.69) is 5.32 Å². The minimum absolute atomic E-state index is 0.505. The summed E-state index contributed by atoms with van der Waals surface area (Å²) in [5.74, 6) is 0.695. The second-order valence-corrected chi connectivity index (χ2v) is 6.84. The molecular formula is C11H24NO4P. The van der Waals surface area contributed by atoms with Crippen molar-refractivity contribution in [1.29, 1.82) is 0 Å². The molecule has 0 unspecified atom stereocenters. The third-order valence-corrected chi connectivity index (χ3v) is 5.94. The number of rotatable bonds is 8. The van der Waals surface area contributed by atoms with Crippen LogP contribution >= 0.6 is 7.51 Å². The summed E-state index contributed by atoms with van der Waals surface area (Å²) in [5, 5.41) is 3.13. The van der Waals surface area contributed by atoms with Gasteiger partial charge in [-0.05, 0) is 0 Å². The van der Waals surface area contributed by atoms with E-state index in [1.54, 1.807) is 0 Å². The molecule has 0 saturated carbocycles. The van der Waals surface area contributed by atoms with Crippen molar-refractivity contribution >= 4 is 7.51 Å². The molecular weight excluding hydrogens is 241 g/mol. The Kier molecular flexibility index (Phi) is 5.20. The molecule has 17 heavy (non-hydrogen) atoms. The average Bonchev–Trinajstić information content (AvgIpc) is 2.61. The first-order valence-electron chi connectivity index (χ1n) is 6.25. The molecule has 0 aromatic rings. The number of nitrogens with one attached hydrogen (secondary N) is 1. The monoisotopic (exact) mass is 265 g/mol. The van der Waals surface area contributed by atoms with Gasteiger partial charge in [0.2, 0.25) is 0 Å². The van der Waals surface area contributed by atoms with Crippen LogP contribution in [0.1, 0.15) is 27.7 Å². The van der Waals surface area contributed by atoms with Crippen LogP contribution in [0.3, 0.4) is 0 Å². The second kappa shape index (κ2) is 6.01. The normalized spacial score (nSPS) is 23.3. The zero-order chi connectivity index (χ0) is 12.8. The van der Waals surface area contributed by atoms with Gasteiger partial charge < -0.3 is 0 Å². The molecule has 0 radical (unpaired) electrons. The van der Waals surface area contributed by atoms with Gasteiger partial charge in [-0.25, -0.2) is 0 Å². The first kappa shape index (κ1) is 14.7. The van der Waals surface area contributed by atoms with Crippen molar-refractivity contribution in [1.82, 2.24) is 5.32 Å². The van der Waals surface area contributed by atoms with E-state index in [0.717, 1.165) is 6.54 Å². The molecule has 1 heterocycles. The van der Waals surface area contributed by atoms with Gasteiger partial charge in [0.25, 0.3) is 0 Å². The summed E-state index contributed by atoms with van der Waals surface area (Å²) in [5.41, 5.74) is 0. The molecule has 0 fully saturated rings. The van der Waals surface area contributed by atoms with Crippen molar-refractivity contribution in [3.8, 4) is 0 Å². The van der Waals surface area contributed by atoms with Gasteiger partial charge in [-0.15, -0.1) is 0 Å². The molecule has 1 N–H and O–H groups in total. The fourth-order valence-corrected chi connectivity index (χ4v) is 5.12. The van der Waals surface area contributed by atoms with Crippen LogP contribution in [0.2, 0.25) is 0 Å². The Morgan fingerprint density at radius 2 is 1.65 bits per heavy atom. The summed E-state index contributed by atoms with van der Waals surface area (Å²) in [6.07, 6.45) is 2.49. The van der Waals surface area contributed by atoms with Crippen molar-refractivity contribution in [2.45, 2.75) is 27.7 Å². The molecule has 1 rings (SSSR count). The zero-order valence-corrected chi connectivity index (χ0v) is 12.1. The first-order valence-corrected chi connectivity index (χ1v) is 8.34. The molecule has 1 aliphatic heterocycles. The maximum absolute atomic E-state index is 5.91. The predicted molar refractivity (Wildman–Crippen MR) is 69.5 cm³/mol. The molecule has 0 aromatic carbocycles. The van der Waals surface area contributed by atoms with Gasteiger partial charge in [-0.2, -0.15) is 0 Å². The van der Waals surface area contributed by atoms with E-state index < -0.39 is 7.51 Å². The van der Waals surface area contributed by atoms with Gasteiger partial charge in [0.1, 0.15) is 0 Å². The van der Waals surface area contributed by atoms with Crippen molar-refractivity contribution in [3.63, 3.8) is 0 Å². The second-order valence-electron chi connectivity index (χ2n) is 3.59. The first-order chi connectivity index (χ1) is 8.13. The summed E-state index contributed by atoms with van der Waals surface area (Å²) < 4.78 is 23.3. The molecule has 0 aromatic heterocycles. The summed E-state index contributed by atoms with van der Waals surface area (Å²) in [4.78, 5) is 0. The number of hydrogen-bond donors (Lipinski definition) is 1. The SMILES string of the molecule is CCNC1=CCP(OCC)(OCC)(OCC)O1. The predicted octanol–water partition coefficient (Wildman–Crippen LogP) is 2.79. The molecule has 0 atom stereocenters. The van der Waals surface area contributed by atoms with Crippen molar-refractivity contribution < 1.29 is 18.1 Å². The molecule has 0 aliphatic carbocycles. The molecule has 0 saturated heterocycles. The van der Waals surface area contributed by atoms with Crippen molar-refractivity contribution in [2.75, 3.05) is 32.5 Å². The van der Waals surface area contributed by atoms with Gasteiger partial charge in [-0.3, -0.25) is 0 Å². The summed E-state index contributed by atoms with van der Waals surface area (Å²) in [6.45, 7) is 10.1. The molecule has 0 amide bonds. The van der Waals surface area contributed by atoms with Gasteiger partial charge in [-0.1, -0.05) is 0 Å². The van der Waals surface area contributed by atoms with E-state index in [4.69, 9.17) is 18.1 Å². The van der Waals surface area contributed by atoms with E-state index in [-0.39, 0.29) is 0 Å². The van der Waals surface area contributed by atoms with Gasteiger partial charge in [0, 0.05) is 0 Å². The van der Waals surface area contributed by atoms with E-state index in [9.17, 15) is 0 Å². The van der Waals surface area contributed by atoms with Gasteiger partial charge >= 0.3 is 103 Å². The summed E-state index contributed by atoms with van der Waals surface area (Å²) in [7, 11) is -3.42. The van der Waals surface area contributed by atoms with E-state index in [0.29, 0.717) is 31.9 Å². The van der Waals surface area contributed by atoms with Crippen LogP contribution in [-0.4, -0.2) is 32.5 Å². The molecule has 6 heteroatoms. The Labute approximate surface area is 104 Å². The molecule has 102 valence electrons. The third kappa shape index (κ3) is 3.10. The Bertz CT molecular complexity index is 263. The minimum atomic E-state index is -3.42. The average molecular weight is 265 g/mol. The Morgan fingerprint density at radius 1 is 1.12 bits per heavy atom. The van der Waals surface area contributed by atoms with Crippen LogP contribution in [0.4, 0.5) is 0 Å². The van der Waals surface area contributed by atoms with Crippen LogP contribution < -0.4 is 5.32 Å². The quantitative estimate of drug-likeness (QED) is 0.684. The van der Waals surface area contributed by atoms with Crippen molar-refractivity contribution in [2.24, 2.45) is 0 Å². The molecule has 0 spiro atoms. The topological polar surface area (TPSA) is 49.0 Å². The number of allylic oxidation sites excluding steroid dienone is 1. The molecule has 5 nitrogen and oxygen atoms in total. The standard InChI is InChI=1S/C11H24NO4P/c1-5-12-11-9-10-17(16-11,13-6-2,14-7-3)15-8-4/h9,12H,5-8,10H2,1-4H3. The third-order valence-electron chi connectivity index (χ3n) is 2.34.